The minimum Gasteiger partial charge on any atom is -0.397 e. The summed E-state index contributed by atoms with van der Waals surface area (Å²) in [5.74, 6) is -0.799. The van der Waals surface area contributed by atoms with E-state index in [1.54, 1.807) is 36.9 Å². The lowest BCUT2D eigenvalue weighted by Gasteiger charge is -2.20. The van der Waals surface area contributed by atoms with Gasteiger partial charge in [0, 0.05) is 26.7 Å². The molecular formula is C17H25N7O3. The van der Waals surface area contributed by atoms with Crippen LogP contribution in [0.5, 0.6) is 0 Å². The molecule has 1 atom stereocenters. The van der Waals surface area contributed by atoms with Gasteiger partial charge in [0.15, 0.2) is 5.69 Å². The van der Waals surface area contributed by atoms with Crippen molar-refractivity contribution >= 4 is 23.2 Å². The number of nitrogens with two attached hydrogens (primary N) is 2. The van der Waals surface area contributed by atoms with E-state index in [1.807, 2.05) is 6.92 Å². The number of carbonyl (C=O) groups excluding carboxylic acids is 2. The van der Waals surface area contributed by atoms with E-state index in [2.05, 4.69) is 15.6 Å². The number of benzene rings is 1. The summed E-state index contributed by atoms with van der Waals surface area (Å²) in [6.07, 6.45) is -0.966. The molecule has 10 nitrogen and oxygen atoms in total. The Balaban J connectivity index is 1.91. The van der Waals surface area contributed by atoms with Gasteiger partial charge < -0.3 is 26.8 Å². The molecule has 10 heteroatoms. The highest BCUT2D eigenvalue weighted by atomic mass is 16.3. The SMILES string of the molecule is CCn1nnc(C(=O)N(C)CC(O)CNC(=O)c2cccc(N)c2N)c1C. The van der Waals surface area contributed by atoms with Gasteiger partial charge in [0.2, 0.25) is 0 Å². The predicted octanol–water partition coefficient (Wildman–Crippen LogP) is -0.366. The fourth-order valence-electron chi connectivity index (χ4n) is 2.59. The zero-order valence-corrected chi connectivity index (χ0v) is 15.6. The molecule has 1 heterocycles. The van der Waals surface area contributed by atoms with Crippen molar-refractivity contribution in [3.8, 4) is 0 Å². The average molecular weight is 375 g/mol. The molecule has 0 radical (unpaired) electrons. The van der Waals surface area contributed by atoms with Crippen LogP contribution in [0.25, 0.3) is 0 Å². The molecular weight excluding hydrogens is 350 g/mol. The second-order valence-corrected chi connectivity index (χ2v) is 6.20. The Labute approximate surface area is 157 Å². The summed E-state index contributed by atoms with van der Waals surface area (Å²) in [6, 6.07) is 4.76. The van der Waals surface area contributed by atoms with E-state index >= 15 is 0 Å². The van der Waals surface area contributed by atoms with Crippen molar-refractivity contribution in [2.45, 2.75) is 26.5 Å². The molecule has 27 heavy (non-hydrogen) atoms. The van der Waals surface area contributed by atoms with E-state index in [-0.39, 0.29) is 35.9 Å². The monoisotopic (exact) mass is 375 g/mol. The molecule has 1 unspecified atom stereocenters. The number of nitrogens with one attached hydrogen (secondary N) is 1. The lowest BCUT2D eigenvalue weighted by Crippen LogP contribution is -2.41. The molecule has 1 aromatic carbocycles. The van der Waals surface area contributed by atoms with Crippen molar-refractivity contribution in [2.24, 2.45) is 0 Å². The smallest absolute Gasteiger partial charge is 0.276 e. The predicted molar refractivity (Wildman–Crippen MR) is 101 cm³/mol. The molecule has 0 aliphatic heterocycles. The number of aryl methyl sites for hydroxylation is 1. The molecule has 146 valence electrons. The Hall–Kier alpha value is -3.14. The maximum absolute atomic E-state index is 12.5. The zero-order chi connectivity index (χ0) is 20.1. The minimum absolute atomic E-state index is 0.0178. The van der Waals surface area contributed by atoms with Gasteiger partial charge in [-0.25, -0.2) is 4.68 Å². The van der Waals surface area contributed by atoms with Crippen molar-refractivity contribution < 1.29 is 14.7 Å². The fourth-order valence-corrected chi connectivity index (χ4v) is 2.59. The third-order valence-electron chi connectivity index (χ3n) is 4.20. The van der Waals surface area contributed by atoms with Gasteiger partial charge in [-0.15, -0.1) is 5.10 Å². The van der Waals surface area contributed by atoms with Crippen molar-refractivity contribution in [1.29, 1.82) is 0 Å². The van der Waals surface area contributed by atoms with Gasteiger partial charge in [-0.05, 0) is 26.0 Å². The molecule has 6 N–H and O–H groups in total. The molecule has 2 aromatic rings. The Kier molecular flexibility index (Phi) is 6.35. The number of aliphatic hydroxyl groups is 1. The topological polar surface area (TPSA) is 152 Å². The number of likely N-dealkylation sites (N-methyl/N-ethyl adjacent to an activating group) is 1. The van der Waals surface area contributed by atoms with Gasteiger partial charge in [-0.2, -0.15) is 0 Å². The number of aromatic nitrogens is 3. The number of aliphatic hydroxyl groups excluding tert-OH is 1. The fraction of sp³-hybridized carbons (Fsp3) is 0.412. The lowest BCUT2D eigenvalue weighted by atomic mass is 10.1. The molecule has 0 aliphatic carbocycles. The minimum atomic E-state index is -0.966. The Morgan fingerprint density at radius 2 is 2.07 bits per heavy atom. The summed E-state index contributed by atoms with van der Waals surface area (Å²) in [5, 5.41) is 20.5. The van der Waals surface area contributed by atoms with Crippen LogP contribution in [-0.2, 0) is 6.54 Å². The van der Waals surface area contributed by atoms with Crippen LogP contribution in [0.2, 0.25) is 0 Å². The van der Waals surface area contributed by atoms with Gasteiger partial charge in [0.25, 0.3) is 11.8 Å². The number of carbonyl (C=O) groups is 2. The second kappa shape index (κ2) is 8.49. The van der Waals surface area contributed by atoms with E-state index in [4.69, 9.17) is 11.5 Å². The van der Waals surface area contributed by atoms with Crippen LogP contribution in [0.15, 0.2) is 18.2 Å². The van der Waals surface area contributed by atoms with E-state index in [0.717, 1.165) is 0 Å². The molecule has 2 amide bonds. The van der Waals surface area contributed by atoms with Crippen LogP contribution in [0.3, 0.4) is 0 Å². The van der Waals surface area contributed by atoms with E-state index in [0.29, 0.717) is 17.9 Å². The number of para-hydroxylation sites is 1. The van der Waals surface area contributed by atoms with Crippen LogP contribution < -0.4 is 16.8 Å². The van der Waals surface area contributed by atoms with Crippen LogP contribution in [-0.4, -0.2) is 63.1 Å². The number of rotatable bonds is 7. The lowest BCUT2D eigenvalue weighted by molar-refractivity contribution is 0.0666. The van der Waals surface area contributed by atoms with Gasteiger partial charge in [0.1, 0.15) is 0 Å². The highest BCUT2D eigenvalue weighted by molar-refractivity contribution is 6.01. The molecule has 0 fully saturated rings. The van der Waals surface area contributed by atoms with Gasteiger partial charge in [0.05, 0.1) is 28.7 Å². The molecule has 0 saturated heterocycles. The summed E-state index contributed by atoms with van der Waals surface area (Å²) in [6.45, 7) is 4.24. The van der Waals surface area contributed by atoms with Gasteiger partial charge in [-0.1, -0.05) is 11.3 Å². The molecule has 0 aliphatic rings. The van der Waals surface area contributed by atoms with Gasteiger partial charge in [-0.3, -0.25) is 9.59 Å². The third kappa shape index (κ3) is 4.53. The Bertz CT molecular complexity index is 834. The molecule has 0 bridgehead atoms. The summed E-state index contributed by atoms with van der Waals surface area (Å²) in [5.41, 5.74) is 13.1. The number of hydrogen-bond donors (Lipinski definition) is 4. The van der Waals surface area contributed by atoms with Crippen LogP contribution in [0.4, 0.5) is 11.4 Å². The van der Waals surface area contributed by atoms with Crippen molar-refractivity contribution in [3.63, 3.8) is 0 Å². The maximum Gasteiger partial charge on any atom is 0.276 e. The largest absolute Gasteiger partial charge is 0.397 e. The molecule has 2 rings (SSSR count). The number of nitrogens with zero attached hydrogens (tertiary/aromatic N) is 4. The van der Waals surface area contributed by atoms with Crippen LogP contribution in [0, 0.1) is 6.92 Å². The number of anilines is 2. The van der Waals surface area contributed by atoms with Crippen LogP contribution >= 0.6 is 0 Å². The third-order valence-corrected chi connectivity index (χ3v) is 4.20. The van der Waals surface area contributed by atoms with Crippen molar-refractivity contribution in [2.75, 3.05) is 31.6 Å². The number of hydrogen-bond acceptors (Lipinski definition) is 7. The zero-order valence-electron chi connectivity index (χ0n) is 15.6. The van der Waals surface area contributed by atoms with E-state index < -0.39 is 12.0 Å². The Morgan fingerprint density at radius 1 is 1.37 bits per heavy atom. The standard InChI is InChI=1S/C17H25N7O3/c1-4-24-10(2)15(21-22-24)17(27)23(3)9-11(25)8-20-16(26)12-6-5-7-13(18)14(12)19/h5-7,11,25H,4,8-9,18-19H2,1-3H3,(H,20,26). The average Bonchev–Trinajstić information content (AvgIpc) is 3.01. The summed E-state index contributed by atoms with van der Waals surface area (Å²) in [7, 11) is 1.55. The number of amides is 2. The highest BCUT2D eigenvalue weighted by Gasteiger charge is 2.22. The highest BCUT2D eigenvalue weighted by Crippen LogP contribution is 2.19. The normalized spacial score (nSPS) is 11.9. The summed E-state index contributed by atoms with van der Waals surface area (Å²) in [4.78, 5) is 26.0. The van der Waals surface area contributed by atoms with E-state index in [9.17, 15) is 14.7 Å². The molecule has 0 saturated carbocycles. The van der Waals surface area contributed by atoms with Crippen molar-refractivity contribution in [3.05, 3.63) is 35.2 Å². The van der Waals surface area contributed by atoms with Crippen molar-refractivity contribution in [1.82, 2.24) is 25.2 Å². The quantitative estimate of drug-likeness (QED) is 0.482. The Morgan fingerprint density at radius 3 is 2.70 bits per heavy atom. The first-order valence-corrected chi connectivity index (χ1v) is 8.52. The first-order valence-electron chi connectivity index (χ1n) is 8.52. The second-order valence-electron chi connectivity index (χ2n) is 6.20. The van der Waals surface area contributed by atoms with Crippen LogP contribution in [0.1, 0.15) is 33.5 Å². The summed E-state index contributed by atoms with van der Waals surface area (Å²) < 4.78 is 1.62. The summed E-state index contributed by atoms with van der Waals surface area (Å²) >= 11 is 0. The maximum atomic E-state index is 12.5. The van der Waals surface area contributed by atoms with E-state index in [1.165, 1.54) is 4.90 Å². The molecule has 1 aromatic heterocycles. The first kappa shape index (κ1) is 20.2. The molecule has 0 spiro atoms. The number of nitrogen functional groups attached to an aromatic ring is 2. The van der Waals surface area contributed by atoms with Gasteiger partial charge >= 0.3 is 0 Å². The first-order chi connectivity index (χ1) is 12.8.